The number of rotatable bonds is 24. The maximum absolute atomic E-state index is 15.1. The van der Waals surface area contributed by atoms with Gasteiger partial charge in [-0.05, 0) is 147 Å². The van der Waals surface area contributed by atoms with E-state index in [1.165, 1.54) is 6.08 Å². The van der Waals surface area contributed by atoms with Gasteiger partial charge in [0.25, 0.3) is 0 Å². The molecule has 0 bridgehead atoms. The van der Waals surface area contributed by atoms with Crippen LogP contribution < -0.4 is 0 Å². The highest BCUT2D eigenvalue weighted by atomic mass is 28.4. The highest BCUT2D eigenvalue weighted by Crippen LogP contribution is 2.49. The van der Waals surface area contributed by atoms with Gasteiger partial charge in [-0.2, -0.15) is 0 Å². The molecule has 17 heteroatoms. The predicted molar refractivity (Wildman–Crippen MR) is 358 cm³/mol. The van der Waals surface area contributed by atoms with Gasteiger partial charge in [-0.3, -0.25) is 9.59 Å². The molecule has 6 rings (SSSR count). The fraction of sp³-hybridized carbons (Fsp3) is 0.855. The van der Waals surface area contributed by atoms with Crippen molar-refractivity contribution in [1.82, 2.24) is 0 Å². The molecule has 0 radical (unpaired) electrons. The van der Waals surface area contributed by atoms with Gasteiger partial charge in [0.1, 0.15) is 30.5 Å². The normalized spacial score (nSPS) is 34.9. The fourth-order valence-electron chi connectivity index (χ4n) is 12.6. The molecule has 86 heavy (non-hydrogen) atoms. The topological polar surface area (TPSA) is 136 Å². The van der Waals surface area contributed by atoms with Crippen molar-refractivity contribution in [3.05, 3.63) is 49.6 Å². The first kappa shape index (κ1) is 73.6. The maximum atomic E-state index is 15.1. The summed E-state index contributed by atoms with van der Waals surface area (Å²) in [5.74, 6) is -0.310. The molecule has 0 amide bonds. The number of esters is 1. The second kappa shape index (κ2) is 28.4. The minimum Gasteiger partial charge on any atom is -0.459 e. The van der Waals surface area contributed by atoms with Gasteiger partial charge in [-0.15, -0.1) is 6.58 Å². The van der Waals surface area contributed by atoms with Gasteiger partial charge in [0.15, 0.2) is 39.1 Å². The molecule has 19 atom stereocenters. The zero-order valence-corrected chi connectivity index (χ0v) is 62.5. The van der Waals surface area contributed by atoms with Crippen molar-refractivity contribution in [2.24, 2.45) is 11.8 Å². The smallest absolute Gasteiger partial charge is 0.308 e. The molecule has 0 saturated carbocycles. The predicted octanol–water partition coefficient (Wildman–Crippen LogP) is 16.5. The monoisotopic (exact) mass is 1270 g/mol. The maximum Gasteiger partial charge on any atom is 0.308 e. The molecular weight excluding hydrogens is 1150 g/mol. The Morgan fingerprint density at radius 2 is 1.19 bits per heavy atom. The Balaban J connectivity index is 1.29. The van der Waals surface area contributed by atoms with Gasteiger partial charge in [-0.1, -0.05) is 136 Å². The molecule has 0 aromatic rings. The van der Waals surface area contributed by atoms with Crippen LogP contribution in [-0.4, -0.2) is 149 Å². The number of ether oxygens (including phenoxy) is 7. The van der Waals surface area contributed by atoms with Crippen LogP contribution in [-0.2, 0) is 60.5 Å². The molecule has 0 aliphatic carbocycles. The summed E-state index contributed by atoms with van der Waals surface area (Å²) in [6.45, 7) is 69.3. The van der Waals surface area contributed by atoms with Crippen LogP contribution >= 0.6 is 0 Å². The summed E-state index contributed by atoms with van der Waals surface area (Å²) in [4.78, 5) is 27.1. The number of carbonyl (C=O) groups is 2. The number of hydrogen-bond donors (Lipinski definition) is 0. The van der Waals surface area contributed by atoms with E-state index in [4.69, 9.17) is 50.9 Å². The SMILES string of the molecule is C=CC(=O)CCC1CC(=C)C(CCC2CC(C)C(=C)C(CC3OC4CC(O[Si](C)(C)C(C)(C)C)C(CCC)OC4C(C)C3OC(=O)CC3CCC4OC(C(C=C)O[Si](C)(C)C(C)(C)C)C(O[Si](C)(C)C(C)(C)C)C(O[Si](C)(C)C(C)(C)C)C4O3)O2)O1. The van der Waals surface area contributed by atoms with Gasteiger partial charge in [-0.25, -0.2) is 0 Å². The van der Waals surface area contributed by atoms with Crippen LogP contribution in [0.4, 0.5) is 0 Å². The zero-order valence-electron chi connectivity index (χ0n) is 58.5. The van der Waals surface area contributed by atoms with Crippen LogP contribution in [0, 0.1) is 11.8 Å². The Morgan fingerprint density at radius 3 is 1.76 bits per heavy atom. The standard InChI is InChI=1S/C69H124O13Si4/c1-28-31-53-56(80-84(22,23)67(11,12)13)42-58-60(76-53)46(7)61(57(75-58)41-55-45(6)43(4)38-49(73-55)34-36-52-44(5)39-48(72-52)33-32-47(70)29-2)78-59(71)40-50-35-37-54-63(74-50)65(82-86(26,27)69(17,18)19)64(81-85(24,25)68(14,15)16)62(77-54)51(30-3)79-83(20,21)66(8,9)10/h29-30,43,46,48-58,60-65H,2-3,5-6,28,31-42H2,1,4,7-27H3. The largest absolute Gasteiger partial charge is 0.459 e. The van der Waals surface area contributed by atoms with E-state index in [-0.39, 0.29) is 105 Å². The molecule has 494 valence electrons. The van der Waals surface area contributed by atoms with Crippen molar-refractivity contribution in [2.75, 3.05) is 0 Å². The summed E-state index contributed by atoms with van der Waals surface area (Å²) in [5, 5.41) is -0.272. The molecule has 13 nitrogen and oxygen atoms in total. The number of allylic oxidation sites excluding steroid dienone is 1. The third-order valence-electron chi connectivity index (χ3n) is 22.3. The van der Waals surface area contributed by atoms with Crippen LogP contribution in [0.3, 0.4) is 0 Å². The third kappa shape index (κ3) is 17.6. The van der Waals surface area contributed by atoms with Gasteiger partial charge >= 0.3 is 5.97 Å². The van der Waals surface area contributed by atoms with Gasteiger partial charge in [0.05, 0.1) is 79.7 Å². The first-order valence-electron chi connectivity index (χ1n) is 33.4. The van der Waals surface area contributed by atoms with Gasteiger partial charge in [0.2, 0.25) is 0 Å². The molecule has 0 N–H and O–H groups in total. The first-order chi connectivity index (χ1) is 39.4. The van der Waals surface area contributed by atoms with Crippen LogP contribution in [0.25, 0.3) is 0 Å². The van der Waals surface area contributed by atoms with Crippen LogP contribution in [0.1, 0.15) is 187 Å². The Morgan fingerprint density at radius 1 is 0.605 bits per heavy atom. The lowest BCUT2D eigenvalue weighted by atomic mass is 9.79. The van der Waals surface area contributed by atoms with Crippen LogP contribution in [0.2, 0.25) is 72.5 Å². The van der Waals surface area contributed by atoms with E-state index in [2.05, 4.69) is 183 Å². The van der Waals surface area contributed by atoms with Crippen LogP contribution in [0.5, 0.6) is 0 Å². The Labute approximate surface area is 527 Å². The minimum atomic E-state index is -2.51. The number of ketones is 1. The summed E-state index contributed by atoms with van der Waals surface area (Å²) < 4.78 is 79.4. The number of hydrogen-bond acceptors (Lipinski definition) is 13. The molecule has 6 aliphatic heterocycles. The first-order valence-corrected chi connectivity index (χ1v) is 45.1. The highest BCUT2D eigenvalue weighted by Gasteiger charge is 2.59. The quantitative estimate of drug-likeness (QED) is 0.0393. The van der Waals surface area contributed by atoms with E-state index < -0.39 is 82.1 Å². The van der Waals surface area contributed by atoms with Crippen molar-refractivity contribution < 1.29 is 60.5 Å². The molecule has 6 saturated heterocycles. The highest BCUT2D eigenvalue weighted by molar-refractivity contribution is 6.75. The van der Waals surface area contributed by atoms with Gasteiger partial charge < -0.3 is 50.9 Å². The lowest BCUT2D eigenvalue weighted by molar-refractivity contribution is -0.274. The average Bonchev–Trinajstić information content (AvgIpc) is 0.881. The van der Waals surface area contributed by atoms with Crippen molar-refractivity contribution in [3.63, 3.8) is 0 Å². The summed E-state index contributed by atoms with van der Waals surface area (Å²) >= 11 is 0. The summed E-state index contributed by atoms with van der Waals surface area (Å²) in [6.07, 6.45) is 6.07. The second-order valence-electron chi connectivity index (χ2n) is 33.1. The third-order valence-corrected chi connectivity index (χ3v) is 40.3. The molecule has 6 heterocycles. The summed E-state index contributed by atoms with van der Waals surface area (Å²) in [5.41, 5.74) is 2.10. The fourth-order valence-corrected chi connectivity index (χ4v) is 17.8. The second-order valence-corrected chi connectivity index (χ2v) is 52.1. The lowest BCUT2D eigenvalue weighted by Gasteiger charge is -2.56. The Hall–Kier alpha value is -1.43. The van der Waals surface area contributed by atoms with E-state index >= 15 is 4.79 Å². The van der Waals surface area contributed by atoms with Crippen molar-refractivity contribution in [3.8, 4) is 0 Å². The van der Waals surface area contributed by atoms with E-state index in [0.29, 0.717) is 38.5 Å². The Kier molecular flexibility index (Phi) is 24.3. The summed E-state index contributed by atoms with van der Waals surface area (Å²) in [6, 6.07) is 0. The molecule has 0 aromatic carbocycles. The lowest BCUT2D eigenvalue weighted by Crippen LogP contribution is -2.69. The summed E-state index contributed by atoms with van der Waals surface area (Å²) in [7, 11) is -9.54. The van der Waals surface area contributed by atoms with E-state index in [9.17, 15) is 4.79 Å². The minimum absolute atomic E-state index is 0.0161. The molecule has 0 aromatic heterocycles. The Bertz CT molecular complexity index is 2330. The van der Waals surface area contributed by atoms with Crippen molar-refractivity contribution in [1.29, 1.82) is 0 Å². The number of fused-ring (bicyclic) bond motifs is 2. The van der Waals surface area contributed by atoms with E-state index in [1.807, 2.05) is 6.08 Å². The molecular formula is C69H124O13Si4. The molecule has 19 unspecified atom stereocenters. The van der Waals surface area contributed by atoms with E-state index in [1.54, 1.807) is 0 Å². The zero-order chi connectivity index (χ0) is 64.7. The van der Waals surface area contributed by atoms with Gasteiger partial charge in [0, 0.05) is 25.2 Å². The molecule has 6 fully saturated rings. The molecule has 6 aliphatic rings. The number of carbonyl (C=O) groups excluding carboxylic acids is 2. The van der Waals surface area contributed by atoms with Crippen molar-refractivity contribution >= 4 is 45.0 Å². The van der Waals surface area contributed by atoms with Crippen molar-refractivity contribution in [2.45, 2.75) is 364 Å². The average molecular weight is 1270 g/mol. The van der Waals surface area contributed by atoms with Crippen LogP contribution in [0.15, 0.2) is 49.6 Å². The molecule has 0 spiro atoms. The van der Waals surface area contributed by atoms with E-state index in [0.717, 1.165) is 49.7 Å².